The van der Waals surface area contributed by atoms with Gasteiger partial charge in [0.05, 0.1) is 0 Å². The Morgan fingerprint density at radius 3 is 2.86 bits per heavy atom. The lowest BCUT2D eigenvalue weighted by atomic mass is 9.81. The Morgan fingerprint density at radius 1 is 1.36 bits per heavy atom. The van der Waals surface area contributed by atoms with Crippen molar-refractivity contribution in [2.24, 2.45) is 5.92 Å². The molecule has 0 heterocycles. The van der Waals surface area contributed by atoms with Gasteiger partial charge in [0.2, 0.25) is 0 Å². The van der Waals surface area contributed by atoms with Gasteiger partial charge in [0.1, 0.15) is 0 Å². The molecule has 0 fully saturated rings. The van der Waals surface area contributed by atoms with Crippen molar-refractivity contribution in [1.82, 2.24) is 0 Å². The number of hydrogen-bond acceptors (Lipinski definition) is 1. The fourth-order valence-electron chi connectivity index (χ4n) is 2.39. The number of hydrogen-bond donors (Lipinski definition) is 1. The Labute approximate surface area is 85.8 Å². The third-order valence-electron chi connectivity index (χ3n) is 3.54. The maximum absolute atomic E-state index is 9.14. The van der Waals surface area contributed by atoms with Gasteiger partial charge in [0, 0.05) is 6.61 Å². The first-order valence-corrected chi connectivity index (χ1v) is 5.41. The first kappa shape index (κ1) is 9.72. The van der Waals surface area contributed by atoms with Gasteiger partial charge in [-0.25, -0.2) is 0 Å². The van der Waals surface area contributed by atoms with Gasteiger partial charge < -0.3 is 5.11 Å². The third-order valence-corrected chi connectivity index (χ3v) is 3.54. The second-order valence-electron chi connectivity index (χ2n) is 4.44. The van der Waals surface area contributed by atoms with Crippen LogP contribution >= 0.6 is 0 Å². The van der Waals surface area contributed by atoms with Gasteiger partial charge in [0.25, 0.3) is 0 Å². The molecule has 2 rings (SSSR count). The van der Waals surface area contributed by atoms with Gasteiger partial charge >= 0.3 is 0 Å². The van der Waals surface area contributed by atoms with E-state index in [1.807, 2.05) is 0 Å². The van der Waals surface area contributed by atoms with Crippen molar-refractivity contribution in [2.45, 2.75) is 33.1 Å². The van der Waals surface area contributed by atoms with Crippen LogP contribution in [-0.4, -0.2) is 11.7 Å². The molecule has 1 aromatic rings. The molecule has 0 saturated heterocycles. The monoisotopic (exact) mass is 190 g/mol. The van der Waals surface area contributed by atoms with Crippen LogP contribution in [0.5, 0.6) is 0 Å². The molecule has 0 radical (unpaired) electrons. The van der Waals surface area contributed by atoms with Gasteiger partial charge in [-0.2, -0.15) is 0 Å². The van der Waals surface area contributed by atoms with Crippen LogP contribution in [-0.2, 0) is 12.8 Å². The molecule has 0 spiro atoms. The summed E-state index contributed by atoms with van der Waals surface area (Å²) in [6.45, 7) is 4.73. The molecular weight excluding hydrogens is 172 g/mol. The summed E-state index contributed by atoms with van der Waals surface area (Å²) in [7, 11) is 0. The van der Waals surface area contributed by atoms with Crippen molar-refractivity contribution in [3.05, 3.63) is 34.4 Å². The number of aliphatic hydroxyl groups is 1. The van der Waals surface area contributed by atoms with Crippen LogP contribution in [0.1, 0.15) is 28.7 Å². The molecule has 76 valence electrons. The van der Waals surface area contributed by atoms with E-state index in [4.69, 9.17) is 5.11 Å². The molecule has 1 atom stereocenters. The topological polar surface area (TPSA) is 20.2 Å². The summed E-state index contributed by atoms with van der Waals surface area (Å²) in [6, 6.07) is 4.44. The van der Waals surface area contributed by atoms with Crippen LogP contribution in [0, 0.1) is 19.8 Å². The summed E-state index contributed by atoms with van der Waals surface area (Å²) in [6.07, 6.45) is 3.36. The highest BCUT2D eigenvalue weighted by Gasteiger charge is 2.19. The fourth-order valence-corrected chi connectivity index (χ4v) is 2.39. The van der Waals surface area contributed by atoms with E-state index in [9.17, 15) is 0 Å². The molecule has 1 unspecified atom stereocenters. The third kappa shape index (κ3) is 1.57. The minimum Gasteiger partial charge on any atom is -0.396 e. The van der Waals surface area contributed by atoms with Gasteiger partial charge in [-0.3, -0.25) is 0 Å². The molecule has 1 aliphatic rings. The van der Waals surface area contributed by atoms with Gasteiger partial charge in [-0.1, -0.05) is 12.1 Å². The van der Waals surface area contributed by atoms with E-state index < -0.39 is 0 Å². The van der Waals surface area contributed by atoms with Crippen LogP contribution in [0.25, 0.3) is 0 Å². The molecular formula is C13H18O. The quantitative estimate of drug-likeness (QED) is 0.721. The average molecular weight is 190 g/mol. The Bertz CT molecular complexity index is 341. The summed E-state index contributed by atoms with van der Waals surface area (Å²) in [5, 5.41) is 9.14. The predicted molar refractivity (Wildman–Crippen MR) is 58.5 cm³/mol. The Balaban J connectivity index is 2.36. The maximum atomic E-state index is 9.14. The molecule has 1 N–H and O–H groups in total. The molecule has 14 heavy (non-hydrogen) atoms. The summed E-state index contributed by atoms with van der Waals surface area (Å²) in [4.78, 5) is 0. The van der Waals surface area contributed by atoms with Crippen molar-refractivity contribution in [1.29, 1.82) is 0 Å². The van der Waals surface area contributed by atoms with Gasteiger partial charge in [-0.05, 0) is 61.3 Å². The molecule has 1 heteroatoms. The highest BCUT2D eigenvalue weighted by molar-refractivity contribution is 5.41. The van der Waals surface area contributed by atoms with Crippen LogP contribution < -0.4 is 0 Å². The molecule has 1 nitrogen and oxygen atoms in total. The Morgan fingerprint density at radius 2 is 2.14 bits per heavy atom. The smallest absolute Gasteiger partial charge is 0.0462 e. The highest BCUT2D eigenvalue weighted by Crippen LogP contribution is 2.28. The van der Waals surface area contributed by atoms with Crippen LogP contribution in [0.4, 0.5) is 0 Å². The predicted octanol–water partition coefficient (Wildman–Crippen LogP) is 2.40. The summed E-state index contributed by atoms with van der Waals surface area (Å²) < 4.78 is 0. The minimum atomic E-state index is 0.340. The number of aryl methyl sites for hydroxylation is 1. The largest absolute Gasteiger partial charge is 0.396 e. The molecule has 0 amide bonds. The van der Waals surface area contributed by atoms with E-state index in [1.54, 1.807) is 0 Å². The fraction of sp³-hybridized carbons (Fsp3) is 0.538. The average Bonchev–Trinajstić information content (AvgIpc) is 2.23. The number of fused-ring (bicyclic) bond motifs is 1. The summed E-state index contributed by atoms with van der Waals surface area (Å²) >= 11 is 0. The lowest BCUT2D eigenvalue weighted by Gasteiger charge is -2.25. The normalized spacial score (nSPS) is 20.6. The number of rotatable bonds is 1. The second kappa shape index (κ2) is 3.74. The van der Waals surface area contributed by atoms with E-state index in [1.165, 1.54) is 22.3 Å². The molecule has 0 aromatic heterocycles. The van der Waals surface area contributed by atoms with Crippen molar-refractivity contribution in [3.63, 3.8) is 0 Å². The minimum absolute atomic E-state index is 0.340. The van der Waals surface area contributed by atoms with E-state index in [-0.39, 0.29) is 0 Å². The van der Waals surface area contributed by atoms with Crippen LogP contribution in [0.3, 0.4) is 0 Å². The number of benzene rings is 1. The van der Waals surface area contributed by atoms with Crippen molar-refractivity contribution in [2.75, 3.05) is 6.61 Å². The molecule has 1 aromatic carbocycles. The van der Waals surface area contributed by atoms with Crippen molar-refractivity contribution < 1.29 is 5.11 Å². The maximum Gasteiger partial charge on any atom is 0.0462 e. The zero-order chi connectivity index (χ0) is 10.1. The van der Waals surface area contributed by atoms with Crippen molar-refractivity contribution >= 4 is 0 Å². The van der Waals surface area contributed by atoms with Crippen molar-refractivity contribution in [3.8, 4) is 0 Å². The molecule has 0 saturated carbocycles. The van der Waals surface area contributed by atoms with Crippen LogP contribution in [0.15, 0.2) is 12.1 Å². The highest BCUT2D eigenvalue weighted by atomic mass is 16.3. The first-order valence-electron chi connectivity index (χ1n) is 5.41. The van der Waals surface area contributed by atoms with Gasteiger partial charge in [0.15, 0.2) is 0 Å². The SMILES string of the molecule is Cc1ccc2c(c1C)CCC(CO)C2. The summed E-state index contributed by atoms with van der Waals surface area (Å²) in [5.74, 6) is 0.490. The van der Waals surface area contributed by atoms with Gasteiger partial charge in [-0.15, -0.1) is 0 Å². The molecule has 0 bridgehead atoms. The van der Waals surface area contributed by atoms with E-state index in [0.29, 0.717) is 12.5 Å². The first-order chi connectivity index (χ1) is 6.72. The lowest BCUT2D eigenvalue weighted by Crippen LogP contribution is -2.18. The number of aliphatic hydroxyl groups excluding tert-OH is 1. The summed E-state index contributed by atoms with van der Waals surface area (Å²) in [5.41, 5.74) is 5.85. The van der Waals surface area contributed by atoms with E-state index in [2.05, 4.69) is 26.0 Å². The Kier molecular flexibility index (Phi) is 2.60. The second-order valence-corrected chi connectivity index (χ2v) is 4.44. The zero-order valence-electron chi connectivity index (χ0n) is 9.01. The van der Waals surface area contributed by atoms with E-state index in [0.717, 1.165) is 19.3 Å². The zero-order valence-corrected chi connectivity index (χ0v) is 9.01. The van der Waals surface area contributed by atoms with Crippen LogP contribution in [0.2, 0.25) is 0 Å². The van der Waals surface area contributed by atoms with E-state index >= 15 is 0 Å². The Hall–Kier alpha value is -0.820. The molecule has 1 aliphatic carbocycles. The lowest BCUT2D eigenvalue weighted by molar-refractivity contribution is 0.213. The standard InChI is InChI=1S/C13H18O/c1-9-3-5-12-7-11(8-14)4-6-13(12)10(9)2/h3,5,11,14H,4,6-8H2,1-2H3. The molecule has 0 aliphatic heterocycles.